The molecule has 2 saturated carbocycles. The van der Waals surface area contributed by atoms with Crippen LogP contribution in [0.4, 0.5) is 0 Å². The van der Waals surface area contributed by atoms with Crippen LogP contribution in [0, 0.1) is 11.8 Å². The lowest BCUT2D eigenvalue weighted by molar-refractivity contribution is 0.0659. The van der Waals surface area contributed by atoms with Gasteiger partial charge in [0.05, 0.1) is 0 Å². The fraction of sp³-hybridized carbons (Fsp3) is 1.00. The molecular weight excluding hydrogens is 220 g/mol. The van der Waals surface area contributed by atoms with Crippen molar-refractivity contribution in [3.8, 4) is 0 Å². The van der Waals surface area contributed by atoms with Crippen molar-refractivity contribution in [2.75, 3.05) is 13.1 Å². The van der Waals surface area contributed by atoms with Crippen molar-refractivity contribution < 1.29 is 0 Å². The van der Waals surface area contributed by atoms with E-state index < -0.39 is 0 Å². The molecule has 0 bridgehead atoms. The van der Waals surface area contributed by atoms with E-state index in [1.165, 1.54) is 58.0 Å². The highest BCUT2D eigenvalue weighted by molar-refractivity contribution is 4.98. The Labute approximate surface area is 113 Å². The van der Waals surface area contributed by atoms with E-state index in [1.807, 2.05) is 0 Å². The number of hydrogen-bond acceptors (Lipinski definition) is 2. The first-order valence-corrected chi connectivity index (χ1v) is 8.23. The van der Waals surface area contributed by atoms with Crippen LogP contribution in [0.1, 0.15) is 58.8 Å². The minimum Gasteiger partial charge on any atom is -0.311 e. The van der Waals surface area contributed by atoms with E-state index in [1.54, 1.807) is 0 Å². The third kappa shape index (κ3) is 2.91. The maximum Gasteiger partial charge on any atom is 0.0252 e. The number of piperazine rings is 1. The van der Waals surface area contributed by atoms with Crippen LogP contribution in [0.15, 0.2) is 0 Å². The van der Waals surface area contributed by atoms with Crippen molar-refractivity contribution in [1.82, 2.24) is 10.2 Å². The Kier molecular flexibility index (Phi) is 3.95. The summed E-state index contributed by atoms with van der Waals surface area (Å²) in [5.41, 5.74) is 0. The average molecular weight is 250 g/mol. The van der Waals surface area contributed by atoms with Gasteiger partial charge in [0.15, 0.2) is 0 Å². The Hall–Kier alpha value is -0.0800. The van der Waals surface area contributed by atoms with Crippen molar-refractivity contribution in [3.05, 3.63) is 0 Å². The van der Waals surface area contributed by atoms with Crippen molar-refractivity contribution in [2.45, 2.75) is 76.9 Å². The van der Waals surface area contributed by atoms with Gasteiger partial charge >= 0.3 is 0 Å². The Bertz CT molecular complexity index is 266. The first kappa shape index (κ1) is 12.9. The van der Waals surface area contributed by atoms with Crippen molar-refractivity contribution in [2.24, 2.45) is 11.8 Å². The molecule has 3 fully saturated rings. The Morgan fingerprint density at radius 3 is 2.44 bits per heavy atom. The fourth-order valence-corrected chi connectivity index (χ4v) is 4.16. The van der Waals surface area contributed by atoms with Crippen molar-refractivity contribution >= 4 is 0 Å². The van der Waals surface area contributed by atoms with Gasteiger partial charge in [-0.2, -0.15) is 0 Å². The van der Waals surface area contributed by atoms with Gasteiger partial charge in [-0.15, -0.1) is 0 Å². The lowest BCUT2D eigenvalue weighted by Crippen LogP contribution is -2.60. The second-order valence-electron chi connectivity index (χ2n) is 7.27. The molecule has 2 nitrogen and oxygen atoms in total. The van der Waals surface area contributed by atoms with Gasteiger partial charge in [0.25, 0.3) is 0 Å². The predicted octanol–water partition coefficient (Wildman–Crippen LogP) is 3.03. The number of nitrogens with zero attached hydrogens (tertiary/aromatic N) is 1. The van der Waals surface area contributed by atoms with E-state index in [0.29, 0.717) is 0 Å². The molecule has 0 spiro atoms. The predicted molar refractivity (Wildman–Crippen MR) is 76.7 cm³/mol. The summed E-state index contributed by atoms with van der Waals surface area (Å²) in [4.78, 5) is 2.92. The zero-order valence-electron chi connectivity index (χ0n) is 12.2. The third-order valence-electron chi connectivity index (χ3n) is 5.19. The highest BCUT2D eigenvalue weighted by Crippen LogP contribution is 2.39. The molecule has 2 heteroatoms. The van der Waals surface area contributed by atoms with E-state index in [9.17, 15) is 0 Å². The summed E-state index contributed by atoms with van der Waals surface area (Å²) < 4.78 is 0. The molecule has 1 saturated heterocycles. The molecule has 0 aromatic carbocycles. The maximum absolute atomic E-state index is 3.83. The van der Waals surface area contributed by atoms with Gasteiger partial charge in [0.1, 0.15) is 0 Å². The molecule has 104 valence electrons. The van der Waals surface area contributed by atoms with E-state index >= 15 is 0 Å². The minimum absolute atomic E-state index is 0.751. The summed E-state index contributed by atoms with van der Waals surface area (Å²) in [5.74, 6) is 1.85. The van der Waals surface area contributed by atoms with Crippen LogP contribution in [-0.2, 0) is 0 Å². The summed E-state index contributed by atoms with van der Waals surface area (Å²) in [6.07, 6.45) is 10.2. The molecule has 0 aromatic heterocycles. The molecule has 3 rings (SSSR count). The summed E-state index contributed by atoms with van der Waals surface area (Å²) in [5, 5.41) is 3.83. The molecule has 0 radical (unpaired) electrons. The van der Waals surface area contributed by atoms with Crippen LogP contribution in [0.5, 0.6) is 0 Å². The van der Waals surface area contributed by atoms with Gasteiger partial charge in [-0.1, -0.05) is 26.7 Å². The fourth-order valence-electron chi connectivity index (χ4n) is 4.16. The second kappa shape index (κ2) is 5.50. The van der Waals surface area contributed by atoms with Crippen molar-refractivity contribution in [3.63, 3.8) is 0 Å². The molecule has 0 amide bonds. The lowest BCUT2D eigenvalue weighted by atomic mass is 9.96. The molecule has 2 atom stereocenters. The molecule has 2 unspecified atom stereocenters. The van der Waals surface area contributed by atoms with Gasteiger partial charge < -0.3 is 5.32 Å². The van der Waals surface area contributed by atoms with Crippen molar-refractivity contribution in [1.29, 1.82) is 0 Å². The van der Waals surface area contributed by atoms with Gasteiger partial charge in [-0.3, -0.25) is 4.90 Å². The van der Waals surface area contributed by atoms with Gasteiger partial charge in [-0.05, 0) is 43.9 Å². The molecule has 3 aliphatic rings. The van der Waals surface area contributed by atoms with Crippen LogP contribution in [0.3, 0.4) is 0 Å². The normalized spacial score (nSPS) is 35.5. The van der Waals surface area contributed by atoms with E-state index in [0.717, 1.165) is 30.0 Å². The highest BCUT2D eigenvalue weighted by Gasteiger charge is 2.41. The maximum atomic E-state index is 3.83. The number of rotatable bonds is 4. The summed E-state index contributed by atoms with van der Waals surface area (Å²) in [6, 6.07) is 2.55. The number of nitrogens with one attached hydrogen (secondary N) is 1. The second-order valence-corrected chi connectivity index (χ2v) is 7.27. The first-order chi connectivity index (χ1) is 8.74. The molecule has 1 N–H and O–H groups in total. The highest BCUT2D eigenvalue weighted by atomic mass is 15.3. The zero-order chi connectivity index (χ0) is 12.5. The SMILES string of the molecule is CC(C)CC1CN(C2CCCC2)C(C2CC2)CN1. The van der Waals surface area contributed by atoms with Crippen LogP contribution < -0.4 is 5.32 Å². The van der Waals surface area contributed by atoms with Crippen LogP contribution in [0.25, 0.3) is 0 Å². The topological polar surface area (TPSA) is 15.3 Å². The smallest absolute Gasteiger partial charge is 0.0252 e. The average Bonchev–Trinajstić information content (AvgIpc) is 3.03. The van der Waals surface area contributed by atoms with Gasteiger partial charge in [0, 0.05) is 31.2 Å². The largest absolute Gasteiger partial charge is 0.311 e. The number of hydrogen-bond donors (Lipinski definition) is 1. The Morgan fingerprint density at radius 1 is 1.11 bits per heavy atom. The third-order valence-corrected chi connectivity index (χ3v) is 5.19. The molecule has 2 aliphatic carbocycles. The van der Waals surface area contributed by atoms with Crippen LogP contribution in [0.2, 0.25) is 0 Å². The van der Waals surface area contributed by atoms with E-state index in [2.05, 4.69) is 24.1 Å². The molecular formula is C16H30N2. The lowest BCUT2D eigenvalue weighted by Gasteiger charge is -2.44. The van der Waals surface area contributed by atoms with Crippen LogP contribution >= 0.6 is 0 Å². The van der Waals surface area contributed by atoms with Gasteiger partial charge in [0.2, 0.25) is 0 Å². The minimum atomic E-state index is 0.751. The van der Waals surface area contributed by atoms with Crippen LogP contribution in [-0.4, -0.2) is 36.1 Å². The summed E-state index contributed by atoms with van der Waals surface area (Å²) in [6.45, 7) is 7.30. The summed E-state index contributed by atoms with van der Waals surface area (Å²) in [7, 11) is 0. The molecule has 1 aliphatic heterocycles. The first-order valence-electron chi connectivity index (χ1n) is 8.23. The Morgan fingerprint density at radius 2 is 1.83 bits per heavy atom. The molecule has 18 heavy (non-hydrogen) atoms. The van der Waals surface area contributed by atoms with E-state index in [-0.39, 0.29) is 0 Å². The van der Waals surface area contributed by atoms with E-state index in [4.69, 9.17) is 0 Å². The zero-order valence-corrected chi connectivity index (χ0v) is 12.2. The molecule has 0 aromatic rings. The standard InChI is InChI=1S/C16H30N2/c1-12(2)9-14-11-18(15-5-3-4-6-15)16(10-17-14)13-7-8-13/h12-17H,3-11H2,1-2H3. The Balaban J connectivity index is 1.63. The monoisotopic (exact) mass is 250 g/mol. The summed E-state index contributed by atoms with van der Waals surface area (Å²) >= 11 is 0. The molecule has 1 heterocycles. The quantitative estimate of drug-likeness (QED) is 0.825. The van der Waals surface area contributed by atoms with Gasteiger partial charge in [-0.25, -0.2) is 0 Å².